The number of carbonyl (C=O) groups is 2. The second-order valence-electron chi connectivity index (χ2n) is 5.01. The Hall–Kier alpha value is -1.27. The summed E-state index contributed by atoms with van der Waals surface area (Å²) in [5.41, 5.74) is 2.04. The zero-order valence-corrected chi connectivity index (χ0v) is 18.4. The normalized spacial score (nSPS) is 10.0. The van der Waals surface area contributed by atoms with E-state index in [1.807, 2.05) is 18.2 Å². The van der Waals surface area contributed by atoms with Crippen LogP contribution in [0, 0.1) is 7.14 Å². The van der Waals surface area contributed by atoms with Crippen molar-refractivity contribution >= 4 is 85.7 Å². The second-order valence-corrected chi connectivity index (χ2v) is 7.83. The van der Waals surface area contributed by atoms with Crippen molar-refractivity contribution in [1.82, 2.24) is 5.32 Å². The number of nitrogens with one attached hydrogen (secondary N) is 3. The molecule has 0 bridgehead atoms. The van der Waals surface area contributed by atoms with Crippen molar-refractivity contribution in [2.45, 2.75) is 13.3 Å². The summed E-state index contributed by atoms with van der Waals surface area (Å²) < 4.78 is 1.90. The molecule has 2 aromatic rings. The number of benzene rings is 2. The minimum absolute atomic E-state index is 0.145. The first kappa shape index (κ1) is 20.0. The van der Waals surface area contributed by atoms with Gasteiger partial charge >= 0.3 is 0 Å². The van der Waals surface area contributed by atoms with E-state index in [4.69, 9.17) is 12.2 Å². The Morgan fingerprint density at radius 3 is 2.20 bits per heavy atom. The third kappa shape index (κ3) is 6.19. The van der Waals surface area contributed by atoms with Gasteiger partial charge in [-0.1, -0.05) is 6.92 Å². The number of carbonyl (C=O) groups excluding carboxylic acids is 2. The fourth-order valence-electron chi connectivity index (χ4n) is 1.88. The fraction of sp³-hybridized carbons (Fsp3) is 0.118. The highest BCUT2D eigenvalue weighted by molar-refractivity contribution is 14.1. The lowest BCUT2D eigenvalue weighted by Gasteiger charge is -2.11. The molecular formula is C17H15I2N3O2S. The van der Waals surface area contributed by atoms with Crippen molar-refractivity contribution in [2.75, 3.05) is 10.6 Å². The molecule has 2 rings (SSSR count). The van der Waals surface area contributed by atoms with E-state index in [1.165, 1.54) is 0 Å². The summed E-state index contributed by atoms with van der Waals surface area (Å²) in [5.74, 6) is -0.303. The van der Waals surface area contributed by atoms with Crippen LogP contribution in [0.4, 0.5) is 11.4 Å². The average Bonchev–Trinajstić information content (AvgIpc) is 2.58. The maximum atomic E-state index is 12.4. The molecule has 0 unspecified atom stereocenters. The summed E-state index contributed by atoms with van der Waals surface area (Å²) in [4.78, 5) is 23.7. The monoisotopic (exact) mass is 579 g/mol. The number of rotatable bonds is 4. The summed E-state index contributed by atoms with van der Waals surface area (Å²) in [6.07, 6.45) is 0.365. The average molecular weight is 579 g/mol. The van der Waals surface area contributed by atoms with Gasteiger partial charge in [0.2, 0.25) is 5.91 Å². The van der Waals surface area contributed by atoms with E-state index in [-0.39, 0.29) is 16.9 Å². The van der Waals surface area contributed by atoms with E-state index in [0.717, 1.165) is 12.8 Å². The van der Waals surface area contributed by atoms with Crippen molar-refractivity contribution in [3.8, 4) is 0 Å². The molecule has 0 aliphatic carbocycles. The molecule has 8 heteroatoms. The van der Waals surface area contributed by atoms with Crippen LogP contribution in [0.1, 0.15) is 23.7 Å². The van der Waals surface area contributed by atoms with Crippen LogP contribution in [0.15, 0.2) is 42.5 Å². The molecule has 0 fully saturated rings. The summed E-state index contributed by atoms with van der Waals surface area (Å²) in [7, 11) is 0. The minimum Gasteiger partial charge on any atom is -0.332 e. The van der Waals surface area contributed by atoms with E-state index in [1.54, 1.807) is 31.2 Å². The molecule has 0 saturated heterocycles. The van der Waals surface area contributed by atoms with E-state index < -0.39 is 0 Å². The van der Waals surface area contributed by atoms with Gasteiger partial charge in [0.1, 0.15) is 0 Å². The topological polar surface area (TPSA) is 70.2 Å². The number of amides is 2. The minimum atomic E-state index is -0.158. The second kappa shape index (κ2) is 9.43. The highest BCUT2D eigenvalue weighted by Crippen LogP contribution is 2.19. The highest BCUT2D eigenvalue weighted by atomic mass is 127. The molecule has 0 radical (unpaired) electrons. The lowest BCUT2D eigenvalue weighted by molar-refractivity contribution is -0.119. The van der Waals surface area contributed by atoms with Gasteiger partial charge in [0.25, 0.3) is 5.91 Å². The standard InChI is InChI=1S/C17H15I2N3O2S/c1-2-15(23)22-17(25)21-12-6-4-11(5-7-12)20-16(24)13-9-10(18)3-8-14(13)19/h3-9H,2H2,1H3,(H,20,24)(H2,21,22,23,25). The Kier molecular flexibility index (Phi) is 7.56. The zero-order valence-electron chi connectivity index (χ0n) is 13.2. The molecule has 0 aliphatic rings. The van der Waals surface area contributed by atoms with Crippen molar-refractivity contribution in [2.24, 2.45) is 0 Å². The van der Waals surface area contributed by atoms with Crippen LogP contribution in [0.3, 0.4) is 0 Å². The molecule has 2 amide bonds. The molecule has 0 saturated carbocycles. The number of thiocarbonyl (C=S) groups is 1. The molecule has 2 aromatic carbocycles. The van der Waals surface area contributed by atoms with Gasteiger partial charge in [0.05, 0.1) is 5.56 Å². The first-order valence-electron chi connectivity index (χ1n) is 7.36. The van der Waals surface area contributed by atoms with Gasteiger partial charge < -0.3 is 16.0 Å². The van der Waals surface area contributed by atoms with Crippen LogP contribution in [-0.4, -0.2) is 16.9 Å². The molecule has 0 atom stereocenters. The van der Waals surface area contributed by atoms with Crippen molar-refractivity contribution in [1.29, 1.82) is 0 Å². The third-order valence-corrected chi connectivity index (χ3v) is 4.96. The molecule has 3 N–H and O–H groups in total. The summed E-state index contributed by atoms with van der Waals surface area (Å²) in [6.45, 7) is 1.75. The van der Waals surface area contributed by atoms with Crippen molar-refractivity contribution in [3.63, 3.8) is 0 Å². The first-order valence-corrected chi connectivity index (χ1v) is 9.93. The Morgan fingerprint density at radius 1 is 1.00 bits per heavy atom. The molecule has 130 valence electrons. The lowest BCUT2D eigenvalue weighted by Crippen LogP contribution is -2.33. The number of hydrogen-bond acceptors (Lipinski definition) is 3. The van der Waals surface area contributed by atoms with E-state index in [9.17, 15) is 9.59 Å². The van der Waals surface area contributed by atoms with Gasteiger partial charge in [-0.3, -0.25) is 9.59 Å². The summed E-state index contributed by atoms with van der Waals surface area (Å²) in [5, 5.41) is 8.61. The maximum Gasteiger partial charge on any atom is 0.256 e. The van der Waals surface area contributed by atoms with Crippen LogP contribution >= 0.6 is 57.4 Å². The van der Waals surface area contributed by atoms with Crippen molar-refractivity contribution < 1.29 is 9.59 Å². The highest BCUT2D eigenvalue weighted by Gasteiger charge is 2.11. The fourth-order valence-corrected chi connectivity index (χ4v) is 3.19. The van der Waals surface area contributed by atoms with Gasteiger partial charge in [-0.2, -0.15) is 0 Å². The Labute approximate surface area is 178 Å². The van der Waals surface area contributed by atoms with Crippen LogP contribution in [0.5, 0.6) is 0 Å². The number of halogens is 2. The molecule has 0 aliphatic heterocycles. The van der Waals surface area contributed by atoms with Gasteiger partial charge in [0, 0.05) is 24.9 Å². The molecule has 0 spiro atoms. The molecule has 0 heterocycles. The van der Waals surface area contributed by atoms with Gasteiger partial charge in [-0.15, -0.1) is 0 Å². The maximum absolute atomic E-state index is 12.4. The summed E-state index contributed by atoms with van der Waals surface area (Å²) in [6, 6.07) is 12.8. The predicted molar refractivity (Wildman–Crippen MR) is 121 cm³/mol. The molecule has 5 nitrogen and oxygen atoms in total. The first-order chi connectivity index (χ1) is 11.9. The smallest absolute Gasteiger partial charge is 0.256 e. The molecule has 25 heavy (non-hydrogen) atoms. The molecular weight excluding hydrogens is 564 g/mol. The van der Waals surface area contributed by atoms with E-state index in [2.05, 4.69) is 61.1 Å². The zero-order chi connectivity index (χ0) is 18.4. The SMILES string of the molecule is CCC(=O)NC(=S)Nc1ccc(NC(=O)c2cc(I)ccc2I)cc1. The summed E-state index contributed by atoms with van der Waals surface area (Å²) >= 11 is 9.38. The van der Waals surface area contributed by atoms with Gasteiger partial charge in [-0.05, 0) is 99.9 Å². The quantitative estimate of drug-likeness (QED) is 0.372. The van der Waals surface area contributed by atoms with Crippen molar-refractivity contribution in [3.05, 3.63) is 55.2 Å². The van der Waals surface area contributed by atoms with E-state index in [0.29, 0.717) is 17.7 Å². The van der Waals surface area contributed by atoms with E-state index >= 15 is 0 Å². The van der Waals surface area contributed by atoms with Crippen LogP contribution in [0.2, 0.25) is 0 Å². The van der Waals surface area contributed by atoms with Crippen LogP contribution < -0.4 is 16.0 Å². The van der Waals surface area contributed by atoms with Crippen LogP contribution in [0.25, 0.3) is 0 Å². The predicted octanol–water partition coefficient (Wildman–Crippen LogP) is 4.37. The Bertz CT molecular complexity index is 810. The number of anilines is 2. The number of hydrogen-bond donors (Lipinski definition) is 3. The Balaban J connectivity index is 2.00. The van der Waals surface area contributed by atoms with Gasteiger partial charge in [-0.25, -0.2) is 0 Å². The van der Waals surface area contributed by atoms with Gasteiger partial charge in [0.15, 0.2) is 5.11 Å². The Morgan fingerprint density at radius 2 is 1.60 bits per heavy atom. The molecule has 0 aromatic heterocycles. The largest absolute Gasteiger partial charge is 0.332 e. The third-order valence-electron chi connectivity index (χ3n) is 3.15. The lowest BCUT2D eigenvalue weighted by atomic mass is 10.2. The van der Waals surface area contributed by atoms with Crippen LogP contribution in [-0.2, 0) is 4.79 Å².